The highest BCUT2D eigenvalue weighted by molar-refractivity contribution is 5.79. The number of aromatic hydroxyl groups is 1. The van der Waals surface area contributed by atoms with Gasteiger partial charge in [-0.2, -0.15) is 0 Å². The predicted octanol–water partition coefficient (Wildman–Crippen LogP) is 4.17. The van der Waals surface area contributed by atoms with Gasteiger partial charge in [-0.25, -0.2) is 0 Å². The number of aromatic nitrogens is 1. The molecule has 3 nitrogen and oxygen atoms in total. The average molecular weight is 278 g/mol. The van der Waals surface area contributed by atoms with E-state index < -0.39 is 0 Å². The topological polar surface area (TPSA) is 45.1 Å². The minimum Gasteiger partial charge on any atom is -0.508 e. The van der Waals surface area contributed by atoms with Crippen molar-refractivity contribution in [3.05, 3.63) is 65.4 Å². The lowest BCUT2D eigenvalue weighted by Crippen LogP contribution is -1.99. The van der Waals surface area contributed by atoms with E-state index in [4.69, 9.17) is 0 Å². The lowest BCUT2D eigenvalue weighted by atomic mass is 10.1. The Morgan fingerprint density at radius 3 is 2.67 bits per heavy atom. The first-order chi connectivity index (χ1) is 10.1. The summed E-state index contributed by atoms with van der Waals surface area (Å²) in [6.45, 7) is 4.60. The Labute approximate surface area is 124 Å². The van der Waals surface area contributed by atoms with Gasteiger partial charge in [0, 0.05) is 29.4 Å². The molecule has 0 amide bonds. The molecule has 0 aliphatic carbocycles. The van der Waals surface area contributed by atoms with Crippen LogP contribution in [0.2, 0.25) is 0 Å². The number of hydrogen-bond acceptors (Lipinski definition) is 3. The van der Waals surface area contributed by atoms with Crippen LogP contribution in [0.4, 0.5) is 5.69 Å². The molecule has 3 heteroatoms. The molecule has 0 saturated carbocycles. The van der Waals surface area contributed by atoms with E-state index in [1.165, 1.54) is 5.56 Å². The molecular weight excluding hydrogens is 260 g/mol. The molecule has 0 radical (unpaired) electrons. The second-order valence-electron chi connectivity index (χ2n) is 5.33. The summed E-state index contributed by atoms with van der Waals surface area (Å²) >= 11 is 0. The zero-order valence-corrected chi connectivity index (χ0v) is 12.2. The minimum absolute atomic E-state index is 0.318. The molecule has 0 spiro atoms. The van der Waals surface area contributed by atoms with E-state index in [0.717, 1.165) is 27.8 Å². The highest BCUT2D eigenvalue weighted by Gasteiger charge is 2.01. The van der Waals surface area contributed by atoms with Crippen LogP contribution in [0.3, 0.4) is 0 Å². The third-order valence-electron chi connectivity index (χ3n) is 3.60. The molecule has 0 fully saturated rings. The molecule has 3 rings (SSSR count). The molecule has 21 heavy (non-hydrogen) atoms. The molecule has 0 unspecified atom stereocenters. The number of nitrogens with one attached hydrogen (secondary N) is 1. The van der Waals surface area contributed by atoms with E-state index in [0.29, 0.717) is 12.3 Å². The Morgan fingerprint density at radius 1 is 1.00 bits per heavy atom. The lowest BCUT2D eigenvalue weighted by molar-refractivity contribution is 0.471. The van der Waals surface area contributed by atoms with E-state index in [1.54, 1.807) is 6.07 Å². The standard InChI is InChI=1S/C18H18N2O/c1-12-3-7-16(10-18(12)21)19-11-14-5-8-17-15(9-14)6-4-13(2)20-17/h3-10,19,21H,11H2,1-2H3. The zero-order chi connectivity index (χ0) is 14.8. The summed E-state index contributed by atoms with van der Waals surface area (Å²) in [5, 5.41) is 14.2. The monoisotopic (exact) mass is 278 g/mol. The quantitative estimate of drug-likeness (QED) is 0.755. The van der Waals surface area contributed by atoms with Crippen LogP contribution in [0.5, 0.6) is 5.75 Å². The van der Waals surface area contributed by atoms with Crippen molar-refractivity contribution in [2.24, 2.45) is 0 Å². The molecule has 0 atom stereocenters. The molecule has 0 aliphatic rings. The van der Waals surface area contributed by atoms with Gasteiger partial charge in [0.05, 0.1) is 5.52 Å². The van der Waals surface area contributed by atoms with Crippen LogP contribution in [0.25, 0.3) is 10.9 Å². The van der Waals surface area contributed by atoms with Crippen molar-refractivity contribution in [3.63, 3.8) is 0 Å². The first kappa shape index (κ1) is 13.4. The van der Waals surface area contributed by atoms with Gasteiger partial charge < -0.3 is 10.4 Å². The van der Waals surface area contributed by atoms with Gasteiger partial charge in [0.1, 0.15) is 5.75 Å². The predicted molar refractivity (Wildman–Crippen MR) is 86.7 cm³/mol. The van der Waals surface area contributed by atoms with Crippen molar-refractivity contribution in [1.82, 2.24) is 4.98 Å². The molecule has 0 aliphatic heterocycles. The molecular formula is C18H18N2O. The maximum Gasteiger partial charge on any atom is 0.120 e. The Bertz CT molecular complexity index is 796. The SMILES string of the molecule is Cc1ccc2cc(CNc3ccc(C)c(O)c3)ccc2n1. The van der Waals surface area contributed by atoms with Crippen LogP contribution < -0.4 is 5.32 Å². The molecule has 0 bridgehead atoms. The van der Waals surface area contributed by atoms with E-state index in [1.807, 2.05) is 38.1 Å². The Morgan fingerprint density at radius 2 is 1.86 bits per heavy atom. The van der Waals surface area contributed by atoms with Crippen LogP contribution in [-0.2, 0) is 6.54 Å². The number of pyridine rings is 1. The largest absolute Gasteiger partial charge is 0.508 e. The first-order valence-electron chi connectivity index (χ1n) is 7.01. The third-order valence-corrected chi connectivity index (χ3v) is 3.60. The maximum absolute atomic E-state index is 9.72. The van der Waals surface area contributed by atoms with Crippen LogP contribution in [0.15, 0.2) is 48.5 Å². The van der Waals surface area contributed by atoms with E-state index in [2.05, 4.69) is 28.5 Å². The molecule has 1 heterocycles. The summed E-state index contributed by atoms with van der Waals surface area (Å²) < 4.78 is 0. The number of nitrogens with zero attached hydrogens (tertiary/aromatic N) is 1. The van der Waals surface area contributed by atoms with Gasteiger partial charge in [0.15, 0.2) is 0 Å². The zero-order valence-electron chi connectivity index (χ0n) is 12.2. The van der Waals surface area contributed by atoms with Gasteiger partial charge in [-0.15, -0.1) is 0 Å². The van der Waals surface area contributed by atoms with Crippen molar-refractivity contribution >= 4 is 16.6 Å². The normalized spacial score (nSPS) is 10.8. The fourth-order valence-corrected chi connectivity index (χ4v) is 2.31. The summed E-state index contributed by atoms with van der Waals surface area (Å²) in [5.74, 6) is 0.318. The molecule has 1 aromatic heterocycles. The smallest absolute Gasteiger partial charge is 0.120 e. The van der Waals surface area contributed by atoms with Crippen molar-refractivity contribution in [1.29, 1.82) is 0 Å². The van der Waals surface area contributed by atoms with E-state index in [-0.39, 0.29) is 0 Å². The fraction of sp³-hybridized carbons (Fsp3) is 0.167. The van der Waals surface area contributed by atoms with E-state index in [9.17, 15) is 5.11 Å². The summed E-state index contributed by atoms with van der Waals surface area (Å²) in [7, 11) is 0. The Hall–Kier alpha value is -2.55. The highest BCUT2D eigenvalue weighted by atomic mass is 16.3. The molecule has 2 aromatic carbocycles. The molecule has 2 N–H and O–H groups in total. The second-order valence-corrected chi connectivity index (χ2v) is 5.33. The van der Waals surface area contributed by atoms with Crippen molar-refractivity contribution in [2.45, 2.75) is 20.4 Å². The minimum atomic E-state index is 0.318. The van der Waals surface area contributed by atoms with Gasteiger partial charge in [0.25, 0.3) is 0 Å². The van der Waals surface area contributed by atoms with Gasteiger partial charge >= 0.3 is 0 Å². The second kappa shape index (κ2) is 5.44. The van der Waals surface area contributed by atoms with Gasteiger partial charge in [-0.3, -0.25) is 4.98 Å². The maximum atomic E-state index is 9.72. The number of hydrogen-bond donors (Lipinski definition) is 2. The van der Waals surface area contributed by atoms with Crippen molar-refractivity contribution < 1.29 is 5.11 Å². The molecule has 0 saturated heterocycles. The molecule has 106 valence electrons. The lowest BCUT2D eigenvalue weighted by Gasteiger charge is -2.09. The number of rotatable bonds is 3. The van der Waals surface area contributed by atoms with Gasteiger partial charge in [-0.05, 0) is 49.2 Å². The first-order valence-corrected chi connectivity index (χ1v) is 7.01. The van der Waals surface area contributed by atoms with Crippen LogP contribution in [-0.4, -0.2) is 10.1 Å². The Balaban J connectivity index is 1.78. The number of phenolic OH excluding ortho intramolecular Hbond substituents is 1. The van der Waals surface area contributed by atoms with Gasteiger partial charge in [0.2, 0.25) is 0 Å². The summed E-state index contributed by atoms with van der Waals surface area (Å²) in [6.07, 6.45) is 0. The van der Waals surface area contributed by atoms with Crippen molar-refractivity contribution in [3.8, 4) is 5.75 Å². The average Bonchev–Trinajstić information content (AvgIpc) is 2.48. The van der Waals surface area contributed by atoms with E-state index >= 15 is 0 Å². The van der Waals surface area contributed by atoms with Crippen molar-refractivity contribution in [2.75, 3.05) is 5.32 Å². The van der Waals surface area contributed by atoms with Gasteiger partial charge in [-0.1, -0.05) is 18.2 Å². The summed E-state index contributed by atoms with van der Waals surface area (Å²) in [4.78, 5) is 4.50. The number of anilines is 1. The molecule has 3 aromatic rings. The fourth-order valence-electron chi connectivity index (χ4n) is 2.31. The van der Waals surface area contributed by atoms with Crippen LogP contribution >= 0.6 is 0 Å². The summed E-state index contributed by atoms with van der Waals surface area (Å²) in [6, 6.07) is 16.0. The number of fused-ring (bicyclic) bond motifs is 1. The number of benzene rings is 2. The Kier molecular flexibility index (Phi) is 3.48. The third kappa shape index (κ3) is 2.97. The number of phenols is 1. The van der Waals surface area contributed by atoms with Crippen LogP contribution in [0.1, 0.15) is 16.8 Å². The number of aryl methyl sites for hydroxylation is 2. The highest BCUT2D eigenvalue weighted by Crippen LogP contribution is 2.22. The summed E-state index contributed by atoms with van der Waals surface area (Å²) in [5.41, 5.74) is 5.04. The van der Waals surface area contributed by atoms with Crippen LogP contribution in [0, 0.1) is 13.8 Å².